The van der Waals surface area contributed by atoms with E-state index in [9.17, 15) is 13.2 Å². The van der Waals surface area contributed by atoms with Gasteiger partial charge in [-0.3, -0.25) is 9.78 Å². The quantitative estimate of drug-likeness (QED) is 0.863. The maximum atomic E-state index is 12.6. The Bertz CT molecular complexity index is 826. The molecule has 6 nitrogen and oxygen atoms in total. The molecule has 0 unspecified atom stereocenters. The van der Waals surface area contributed by atoms with Crippen molar-refractivity contribution >= 4 is 27.3 Å². The summed E-state index contributed by atoms with van der Waals surface area (Å²) in [6.07, 6.45) is 2.77. The van der Waals surface area contributed by atoms with E-state index in [-0.39, 0.29) is 11.8 Å². The Kier molecular flexibility index (Phi) is 5.51. The minimum Gasteiger partial charge on any atom is -0.350 e. The molecule has 0 aliphatic carbocycles. The van der Waals surface area contributed by atoms with Crippen LogP contribution in [0.25, 0.3) is 0 Å². The summed E-state index contributed by atoms with van der Waals surface area (Å²) in [5.74, 6) is -0.185. The average Bonchev–Trinajstić information content (AvgIpc) is 3.08. The first-order chi connectivity index (χ1) is 12.0. The number of aromatic nitrogens is 1. The van der Waals surface area contributed by atoms with Gasteiger partial charge in [0.25, 0.3) is 10.0 Å². The number of rotatable bonds is 5. The van der Waals surface area contributed by atoms with Crippen LogP contribution in [-0.4, -0.2) is 36.7 Å². The number of thiophene rings is 1. The van der Waals surface area contributed by atoms with Gasteiger partial charge in [-0.25, -0.2) is 8.42 Å². The highest BCUT2D eigenvalue weighted by molar-refractivity contribution is 7.91. The Balaban J connectivity index is 1.54. The normalized spacial score (nSPS) is 16.7. The molecule has 1 aliphatic heterocycles. The second-order valence-corrected chi connectivity index (χ2v) is 9.53. The van der Waals surface area contributed by atoms with Gasteiger partial charge >= 0.3 is 0 Å². The van der Waals surface area contributed by atoms with Gasteiger partial charge in [0.1, 0.15) is 4.21 Å². The highest BCUT2D eigenvalue weighted by Gasteiger charge is 2.32. The van der Waals surface area contributed by atoms with Crippen LogP contribution in [0.15, 0.2) is 40.7 Å². The molecule has 3 rings (SSSR count). The molecule has 2 aromatic heterocycles. The average molecular weight is 380 g/mol. The minimum absolute atomic E-state index is 0.0327. The molecule has 2 aromatic rings. The van der Waals surface area contributed by atoms with Crippen LogP contribution < -0.4 is 5.32 Å². The van der Waals surface area contributed by atoms with E-state index >= 15 is 0 Å². The van der Waals surface area contributed by atoms with E-state index in [1.807, 2.05) is 31.2 Å². The number of hydrogen-bond donors (Lipinski definition) is 1. The summed E-state index contributed by atoms with van der Waals surface area (Å²) in [6.45, 7) is 3.04. The number of piperidine rings is 1. The van der Waals surface area contributed by atoms with E-state index in [1.165, 1.54) is 15.6 Å². The van der Waals surface area contributed by atoms with Crippen molar-refractivity contribution in [2.24, 2.45) is 5.92 Å². The van der Waals surface area contributed by atoms with Crippen molar-refractivity contribution in [2.45, 2.75) is 30.5 Å². The van der Waals surface area contributed by atoms with Crippen molar-refractivity contribution in [3.8, 4) is 0 Å². The number of nitrogens with one attached hydrogen (secondary N) is 1. The van der Waals surface area contributed by atoms with E-state index in [4.69, 9.17) is 0 Å². The first-order valence-corrected chi connectivity index (χ1v) is 10.5. The lowest BCUT2D eigenvalue weighted by Gasteiger charge is -2.30. The Morgan fingerprint density at radius 1 is 1.28 bits per heavy atom. The molecule has 0 spiro atoms. The number of nitrogens with zero attached hydrogens (tertiary/aromatic N) is 2. The van der Waals surface area contributed by atoms with Crippen molar-refractivity contribution in [1.29, 1.82) is 0 Å². The fourth-order valence-electron chi connectivity index (χ4n) is 2.86. The molecule has 1 fully saturated rings. The van der Waals surface area contributed by atoms with Gasteiger partial charge in [0.2, 0.25) is 5.91 Å². The van der Waals surface area contributed by atoms with Crippen molar-refractivity contribution in [1.82, 2.24) is 14.6 Å². The third kappa shape index (κ3) is 4.26. The van der Waals surface area contributed by atoms with Crippen molar-refractivity contribution < 1.29 is 13.2 Å². The van der Waals surface area contributed by atoms with Crippen molar-refractivity contribution in [3.05, 3.63) is 47.1 Å². The summed E-state index contributed by atoms with van der Waals surface area (Å²) >= 11 is 1.29. The monoisotopic (exact) mass is 379 g/mol. The Morgan fingerprint density at radius 3 is 2.64 bits per heavy atom. The molecule has 1 N–H and O–H groups in total. The lowest BCUT2D eigenvalue weighted by molar-refractivity contribution is -0.126. The van der Waals surface area contributed by atoms with E-state index < -0.39 is 10.0 Å². The van der Waals surface area contributed by atoms with Gasteiger partial charge in [-0.15, -0.1) is 11.3 Å². The van der Waals surface area contributed by atoms with Crippen LogP contribution in [0.4, 0.5) is 0 Å². The molecule has 0 bridgehead atoms. The molecule has 1 amide bonds. The number of sulfonamides is 1. The van der Waals surface area contributed by atoms with E-state index in [1.54, 1.807) is 12.3 Å². The Labute approximate surface area is 151 Å². The second kappa shape index (κ2) is 7.63. The number of aryl methyl sites for hydroxylation is 1. The van der Waals surface area contributed by atoms with Crippen LogP contribution in [0, 0.1) is 12.8 Å². The fourth-order valence-corrected chi connectivity index (χ4v) is 5.77. The first-order valence-electron chi connectivity index (χ1n) is 8.21. The number of amides is 1. The van der Waals surface area contributed by atoms with Crippen LogP contribution in [0.5, 0.6) is 0 Å². The third-order valence-electron chi connectivity index (χ3n) is 4.30. The highest BCUT2D eigenvalue weighted by atomic mass is 32.2. The van der Waals surface area contributed by atoms with Gasteiger partial charge in [0, 0.05) is 30.1 Å². The van der Waals surface area contributed by atoms with E-state index in [2.05, 4.69) is 10.3 Å². The van der Waals surface area contributed by atoms with Gasteiger partial charge in [-0.2, -0.15) is 4.31 Å². The largest absolute Gasteiger partial charge is 0.350 e. The summed E-state index contributed by atoms with van der Waals surface area (Å²) in [6, 6.07) is 9.04. The zero-order valence-electron chi connectivity index (χ0n) is 14.0. The van der Waals surface area contributed by atoms with Gasteiger partial charge in [0.05, 0.1) is 12.2 Å². The highest BCUT2D eigenvalue weighted by Crippen LogP contribution is 2.28. The summed E-state index contributed by atoms with van der Waals surface area (Å²) in [4.78, 5) is 17.4. The number of pyridine rings is 1. The summed E-state index contributed by atoms with van der Waals surface area (Å²) in [5.41, 5.74) is 0.809. The second-order valence-electron chi connectivity index (χ2n) is 6.08. The Morgan fingerprint density at radius 2 is 2.04 bits per heavy atom. The van der Waals surface area contributed by atoms with Crippen molar-refractivity contribution in [3.63, 3.8) is 0 Å². The number of hydrogen-bond acceptors (Lipinski definition) is 5. The smallest absolute Gasteiger partial charge is 0.252 e. The van der Waals surface area contributed by atoms with Crippen LogP contribution in [0.2, 0.25) is 0 Å². The SMILES string of the molecule is Cc1ccc(S(=O)(=O)N2CCC(C(=O)NCc3ccccn3)CC2)s1. The fraction of sp³-hybridized carbons (Fsp3) is 0.412. The summed E-state index contributed by atoms with van der Waals surface area (Å²) in [7, 11) is -3.44. The van der Waals surface area contributed by atoms with E-state index in [0.29, 0.717) is 36.7 Å². The molecular weight excluding hydrogens is 358 g/mol. The predicted molar refractivity (Wildman–Crippen MR) is 96.6 cm³/mol. The van der Waals surface area contributed by atoms with Gasteiger partial charge in [0.15, 0.2) is 0 Å². The minimum atomic E-state index is -3.44. The topological polar surface area (TPSA) is 79.4 Å². The molecule has 0 saturated carbocycles. The zero-order chi connectivity index (χ0) is 17.9. The summed E-state index contributed by atoms with van der Waals surface area (Å²) in [5, 5.41) is 2.89. The molecule has 0 radical (unpaired) electrons. The van der Waals surface area contributed by atoms with Crippen molar-refractivity contribution in [2.75, 3.05) is 13.1 Å². The maximum absolute atomic E-state index is 12.6. The standard InChI is InChI=1S/C17H21N3O3S2/c1-13-5-6-16(24-13)25(22,23)20-10-7-14(8-11-20)17(21)19-12-15-4-2-3-9-18-15/h2-6,9,14H,7-8,10-12H2,1H3,(H,19,21). The molecule has 8 heteroatoms. The van der Waals surface area contributed by atoms with Crippen LogP contribution in [-0.2, 0) is 21.4 Å². The molecule has 1 saturated heterocycles. The molecule has 134 valence electrons. The summed E-state index contributed by atoms with van der Waals surface area (Å²) < 4.78 is 27.1. The molecule has 0 aromatic carbocycles. The first kappa shape index (κ1) is 18.0. The zero-order valence-corrected chi connectivity index (χ0v) is 15.6. The van der Waals surface area contributed by atoms with Gasteiger partial charge in [-0.1, -0.05) is 6.07 Å². The number of carbonyl (C=O) groups excluding carboxylic acids is 1. The molecule has 25 heavy (non-hydrogen) atoms. The maximum Gasteiger partial charge on any atom is 0.252 e. The Hall–Kier alpha value is -1.77. The molecule has 1 aliphatic rings. The van der Waals surface area contributed by atoms with E-state index in [0.717, 1.165) is 10.6 Å². The van der Waals surface area contributed by atoms with Gasteiger partial charge in [-0.05, 0) is 44.0 Å². The third-order valence-corrected chi connectivity index (χ3v) is 7.67. The van der Waals surface area contributed by atoms with Crippen LogP contribution in [0.1, 0.15) is 23.4 Å². The van der Waals surface area contributed by atoms with Crippen LogP contribution in [0.3, 0.4) is 0 Å². The molecule has 0 atom stereocenters. The lowest BCUT2D eigenvalue weighted by Crippen LogP contribution is -2.42. The molecule has 3 heterocycles. The van der Waals surface area contributed by atoms with Crippen LogP contribution >= 0.6 is 11.3 Å². The van der Waals surface area contributed by atoms with Gasteiger partial charge < -0.3 is 5.32 Å². The lowest BCUT2D eigenvalue weighted by atomic mass is 9.97. The predicted octanol–water partition coefficient (Wildman–Crippen LogP) is 2.17. The molecular formula is C17H21N3O3S2. The number of carbonyl (C=O) groups is 1.